The Morgan fingerprint density at radius 2 is 1.56 bits per heavy atom. The lowest BCUT2D eigenvalue weighted by Gasteiger charge is -2.24. The number of rotatable bonds is 9. The molecule has 1 aliphatic rings. The molecule has 3 rings (SSSR count). The van der Waals surface area contributed by atoms with E-state index >= 15 is 0 Å². The quantitative estimate of drug-likeness (QED) is 0.501. The molecule has 2 amide bonds. The van der Waals surface area contributed by atoms with Gasteiger partial charge in [-0.2, -0.15) is 13.2 Å². The standard InChI is InChI=1S/C24H25F3N2O5/c1-2-14(11-12-20(30)31)28-22(32)21(24(25,26)27)29-23(33)34-13-19-17-9-5-3-7-15(17)16-8-4-6-10-18(16)19/h3-10,14,19,21H,2,11-13H2,1H3,(H,28,32)(H,29,33)(H,30,31). The molecule has 3 N–H and O–H groups in total. The van der Waals surface area contributed by atoms with Gasteiger partial charge in [0.2, 0.25) is 6.04 Å². The molecule has 10 heteroatoms. The molecule has 0 heterocycles. The number of aliphatic carboxylic acids is 1. The zero-order valence-corrected chi connectivity index (χ0v) is 18.4. The number of halogens is 3. The van der Waals surface area contributed by atoms with Crippen molar-refractivity contribution in [3.8, 4) is 11.1 Å². The van der Waals surface area contributed by atoms with Gasteiger partial charge in [0.25, 0.3) is 5.91 Å². The number of carbonyl (C=O) groups excluding carboxylic acids is 2. The molecule has 2 atom stereocenters. The molecule has 2 aromatic carbocycles. The molecular formula is C24H25F3N2O5. The van der Waals surface area contributed by atoms with Gasteiger partial charge in [0.15, 0.2) is 0 Å². The maximum atomic E-state index is 13.5. The van der Waals surface area contributed by atoms with Crippen molar-refractivity contribution in [3.05, 3.63) is 59.7 Å². The highest BCUT2D eigenvalue weighted by Gasteiger charge is 2.47. The van der Waals surface area contributed by atoms with Crippen LogP contribution in [0.5, 0.6) is 0 Å². The minimum Gasteiger partial charge on any atom is -0.481 e. The molecule has 0 radical (unpaired) electrons. The molecule has 0 saturated carbocycles. The van der Waals surface area contributed by atoms with E-state index in [1.807, 2.05) is 48.5 Å². The lowest BCUT2D eigenvalue weighted by molar-refractivity contribution is -0.168. The zero-order chi connectivity index (χ0) is 24.9. The van der Waals surface area contributed by atoms with E-state index in [4.69, 9.17) is 9.84 Å². The summed E-state index contributed by atoms with van der Waals surface area (Å²) in [5, 5.41) is 12.5. The second-order valence-corrected chi connectivity index (χ2v) is 7.99. The molecule has 0 bridgehead atoms. The third-order valence-electron chi connectivity index (χ3n) is 5.74. The number of alkyl halides is 3. The minimum atomic E-state index is -5.07. The summed E-state index contributed by atoms with van der Waals surface area (Å²) in [5.41, 5.74) is 3.72. The summed E-state index contributed by atoms with van der Waals surface area (Å²) < 4.78 is 45.6. The first-order chi connectivity index (χ1) is 16.1. The van der Waals surface area contributed by atoms with E-state index in [-0.39, 0.29) is 31.8 Å². The molecule has 1 aliphatic carbocycles. The number of amides is 2. The average molecular weight is 478 g/mol. The third-order valence-corrected chi connectivity index (χ3v) is 5.74. The van der Waals surface area contributed by atoms with Crippen LogP contribution in [-0.2, 0) is 14.3 Å². The fraction of sp³-hybridized carbons (Fsp3) is 0.375. The summed E-state index contributed by atoms with van der Waals surface area (Å²) in [6.07, 6.45) is -6.56. The lowest BCUT2D eigenvalue weighted by Crippen LogP contribution is -2.56. The van der Waals surface area contributed by atoms with E-state index in [9.17, 15) is 27.6 Å². The molecule has 34 heavy (non-hydrogen) atoms. The van der Waals surface area contributed by atoms with Gasteiger partial charge in [-0.05, 0) is 35.1 Å². The van der Waals surface area contributed by atoms with Crippen molar-refractivity contribution in [2.45, 2.75) is 50.4 Å². The van der Waals surface area contributed by atoms with Crippen molar-refractivity contribution in [3.63, 3.8) is 0 Å². The number of nitrogens with one attached hydrogen (secondary N) is 2. The van der Waals surface area contributed by atoms with Crippen LogP contribution in [0.25, 0.3) is 11.1 Å². The van der Waals surface area contributed by atoms with Crippen molar-refractivity contribution in [1.29, 1.82) is 0 Å². The summed E-state index contributed by atoms with van der Waals surface area (Å²) >= 11 is 0. The van der Waals surface area contributed by atoms with Gasteiger partial charge >= 0.3 is 18.2 Å². The SMILES string of the molecule is CCC(CCC(=O)O)NC(=O)C(NC(=O)OCC1c2ccccc2-c2ccccc21)C(F)(F)F. The topological polar surface area (TPSA) is 105 Å². The van der Waals surface area contributed by atoms with Crippen molar-refractivity contribution in [1.82, 2.24) is 10.6 Å². The summed E-state index contributed by atoms with van der Waals surface area (Å²) in [4.78, 5) is 35.3. The Bertz CT molecular complexity index is 1010. The maximum Gasteiger partial charge on any atom is 0.417 e. The van der Waals surface area contributed by atoms with Gasteiger partial charge in [0.1, 0.15) is 6.61 Å². The van der Waals surface area contributed by atoms with E-state index in [0.717, 1.165) is 22.3 Å². The van der Waals surface area contributed by atoms with Crippen LogP contribution in [0.2, 0.25) is 0 Å². The van der Waals surface area contributed by atoms with Gasteiger partial charge in [-0.3, -0.25) is 9.59 Å². The third kappa shape index (κ3) is 5.86. The van der Waals surface area contributed by atoms with Gasteiger partial charge in [-0.25, -0.2) is 4.79 Å². The zero-order valence-electron chi connectivity index (χ0n) is 18.4. The van der Waals surface area contributed by atoms with E-state index in [0.29, 0.717) is 0 Å². The number of alkyl carbamates (subject to hydrolysis) is 1. The molecule has 2 aromatic rings. The van der Waals surface area contributed by atoms with Crippen LogP contribution in [0.15, 0.2) is 48.5 Å². The Morgan fingerprint density at radius 1 is 1.00 bits per heavy atom. The normalized spacial score (nSPS) is 14.5. The molecule has 0 saturated heterocycles. The second-order valence-electron chi connectivity index (χ2n) is 7.99. The molecule has 0 fully saturated rings. The van der Waals surface area contributed by atoms with E-state index in [1.165, 1.54) is 0 Å². The molecule has 0 spiro atoms. The van der Waals surface area contributed by atoms with Crippen molar-refractivity contribution in [2.75, 3.05) is 6.61 Å². The first-order valence-electron chi connectivity index (χ1n) is 10.8. The predicted octanol–water partition coefficient (Wildman–Crippen LogP) is 4.22. The first kappa shape index (κ1) is 25.1. The van der Waals surface area contributed by atoms with Gasteiger partial charge in [0, 0.05) is 18.4 Å². The summed E-state index contributed by atoms with van der Waals surface area (Å²) in [6.45, 7) is 1.40. The van der Waals surface area contributed by atoms with Crippen LogP contribution in [0.4, 0.5) is 18.0 Å². The van der Waals surface area contributed by atoms with Gasteiger partial charge in [0.05, 0.1) is 0 Å². The van der Waals surface area contributed by atoms with Gasteiger partial charge in [-0.1, -0.05) is 55.5 Å². The highest BCUT2D eigenvalue weighted by atomic mass is 19.4. The predicted molar refractivity (Wildman–Crippen MR) is 117 cm³/mol. The van der Waals surface area contributed by atoms with Crippen LogP contribution in [0.3, 0.4) is 0 Å². The molecule has 182 valence electrons. The Hall–Kier alpha value is -3.56. The Labute approximate surface area is 194 Å². The van der Waals surface area contributed by atoms with Crippen LogP contribution in [-0.4, -0.2) is 47.9 Å². The Kier molecular flexibility index (Phi) is 7.80. The van der Waals surface area contributed by atoms with Crippen LogP contribution in [0, 0.1) is 0 Å². The smallest absolute Gasteiger partial charge is 0.417 e. The van der Waals surface area contributed by atoms with E-state index < -0.39 is 36.2 Å². The molecular weight excluding hydrogens is 453 g/mol. The van der Waals surface area contributed by atoms with E-state index in [1.54, 1.807) is 12.2 Å². The maximum absolute atomic E-state index is 13.5. The van der Waals surface area contributed by atoms with Crippen LogP contribution in [0.1, 0.15) is 43.2 Å². The van der Waals surface area contributed by atoms with Crippen molar-refractivity contribution >= 4 is 18.0 Å². The summed E-state index contributed by atoms with van der Waals surface area (Å²) in [6, 6.07) is 11.4. The number of fused-ring (bicyclic) bond motifs is 3. The van der Waals surface area contributed by atoms with Crippen LogP contribution >= 0.6 is 0 Å². The van der Waals surface area contributed by atoms with E-state index in [2.05, 4.69) is 5.32 Å². The molecule has 2 unspecified atom stereocenters. The van der Waals surface area contributed by atoms with Gasteiger partial charge < -0.3 is 20.5 Å². The number of carbonyl (C=O) groups is 3. The average Bonchev–Trinajstić information content (AvgIpc) is 3.11. The number of ether oxygens (including phenoxy) is 1. The molecule has 0 aliphatic heterocycles. The minimum absolute atomic E-state index is 0.0346. The number of carboxylic acids is 1. The van der Waals surface area contributed by atoms with Crippen LogP contribution < -0.4 is 10.6 Å². The van der Waals surface area contributed by atoms with Gasteiger partial charge in [-0.15, -0.1) is 0 Å². The number of carboxylic acid groups (broad SMARTS) is 1. The number of hydrogen-bond donors (Lipinski definition) is 3. The molecule has 0 aromatic heterocycles. The largest absolute Gasteiger partial charge is 0.481 e. The molecule has 7 nitrogen and oxygen atoms in total. The van der Waals surface area contributed by atoms with Crippen molar-refractivity contribution < 1.29 is 37.4 Å². The monoisotopic (exact) mass is 478 g/mol. The fourth-order valence-electron chi connectivity index (χ4n) is 4.01. The van der Waals surface area contributed by atoms with Crippen molar-refractivity contribution in [2.24, 2.45) is 0 Å². The Morgan fingerprint density at radius 3 is 2.06 bits per heavy atom. The highest BCUT2D eigenvalue weighted by Crippen LogP contribution is 2.44. The summed E-state index contributed by atoms with van der Waals surface area (Å²) in [5.74, 6) is -2.95. The number of benzene rings is 2. The second kappa shape index (κ2) is 10.6. The lowest BCUT2D eigenvalue weighted by atomic mass is 9.98. The first-order valence-corrected chi connectivity index (χ1v) is 10.8. The number of hydrogen-bond acceptors (Lipinski definition) is 4. The Balaban J connectivity index is 1.66. The highest BCUT2D eigenvalue weighted by molar-refractivity contribution is 5.87. The fourth-order valence-corrected chi connectivity index (χ4v) is 4.01. The summed E-state index contributed by atoms with van der Waals surface area (Å²) in [7, 11) is 0.